The summed E-state index contributed by atoms with van der Waals surface area (Å²) in [6, 6.07) is 11.5. The fourth-order valence-corrected chi connectivity index (χ4v) is 2.33. The molecule has 0 aromatic heterocycles. The molecule has 0 aliphatic rings. The number of aromatic hydroxyl groups is 1. The highest BCUT2D eigenvalue weighted by Crippen LogP contribution is 2.25. The first kappa shape index (κ1) is 16.0. The number of hydrogen-bond acceptors (Lipinski definition) is 4. The molecule has 4 nitrogen and oxygen atoms in total. The molecule has 0 radical (unpaired) electrons. The summed E-state index contributed by atoms with van der Waals surface area (Å²) >= 11 is 0. The van der Waals surface area contributed by atoms with Crippen molar-refractivity contribution < 1.29 is 14.6 Å². The van der Waals surface area contributed by atoms with Crippen molar-refractivity contribution in [2.75, 3.05) is 13.7 Å². The molecule has 0 unspecified atom stereocenters. The van der Waals surface area contributed by atoms with Gasteiger partial charge in [0.05, 0.1) is 7.11 Å². The van der Waals surface area contributed by atoms with E-state index in [2.05, 4.69) is 9.73 Å². The number of ether oxygens (including phenoxy) is 1. The number of carbonyl (C=O) groups excluding carboxylic acids is 1. The van der Waals surface area contributed by atoms with Gasteiger partial charge >= 0.3 is 5.97 Å². The highest BCUT2D eigenvalue weighted by Gasteiger charge is 2.03. The van der Waals surface area contributed by atoms with Crippen LogP contribution in [0.15, 0.2) is 41.4 Å². The molecule has 2 aromatic rings. The largest absolute Gasteiger partial charge is 0.507 e. The Morgan fingerprint density at radius 1 is 1.18 bits per heavy atom. The summed E-state index contributed by atoms with van der Waals surface area (Å²) in [6.07, 6.45) is 4.87. The Morgan fingerprint density at radius 3 is 2.82 bits per heavy atom. The Balaban J connectivity index is 1.88. The quantitative estimate of drug-likeness (QED) is 0.482. The van der Waals surface area contributed by atoms with Crippen molar-refractivity contribution in [3.63, 3.8) is 0 Å². The topological polar surface area (TPSA) is 58.9 Å². The minimum Gasteiger partial charge on any atom is -0.507 e. The zero-order chi connectivity index (χ0) is 15.8. The zero-order valence-electron chi connectivity index (χ0n) is 12.8. The van der Waals surface area contributed by atoms with Crippen LogP contribution in [0.3, 0.4) is 0 Å². The Kier molecular flexibility index (Phi) is 5.95. The summed E-state index contributed by atoms with van der Waals surface area (Å²) in [6.45, 7) is 0.684. The smallest absolute Gasteiger partial charge is 0.305 e. The van der Waals surface area contributed by atoms with Crippen LogP contribution in [0.5, 0.6) is 5.75 Å². The Hall–Kier alpha value is -2.36. The SMILES string of the molecule is COC(=O)CCCCCN=Cc1c(O)ccc2ccccc12. The summed E-state index contributed by atoms with van der Waals surface area (Å²) in [5.41, 5.74) is 0.757. The fourth-order valence-electron chi connectivity index (χ4n) is 2.33. The lowest BCUT2D eigenvalue weighted by atomic mass is 10.0. The van der Waals surface area contributed by atoms with Crippen LogP contribution in [0.1, 0.15) is 31.2 Å². The van der Waals surface area contributed by atoms with E-state index in [4.69, 9.17) is 0 Å². The van der Waals surface area contributed by atoms with Crippen LogP contribution in [0.25, 0.3) is 10.8 Å². The average Bonchev–Trinajstić information content (AvgIpc) is 2.55. The highest BCUT2D eigenvalue weighted by molar-refractivity contribution is 6.02. The van der Waals surface area contributed by atoms with Crippen LogP contribution in [0.2, 0.25) is 0 Å². The van der Waals surface area contributed by atoms with E-state index < -0.39 is 0 Å². The molecule has 0 spiro atoms. The van der Waals surface area contributed by atoms with Gasteiger partial charge in [-0.1, -0.05) is 36.8 Å². The number of rotatable bonds is 7. The van der Waals surface area contributed by atoms with E-state index in [0.717, 1.165) is 35.6 Å². The van der Waals surface area contributed by atoms with E-state index in [-0.39, 0.29) is 11.7 Å². The van der Waals surface area contributed by atoms with Crippen molar-refractivity contribution in [3.8, 4) is 5.75 Å². The van der Waals surface area contributed by atoms with E-state index in [1.54, 1.807) is 12.3 Å². The molecule has 2 aromatic carbocycles. The molecule has 0 amide bonds. The number of benzene rings is 2. The third-order valence-corrected chi connectivity index (χ3v) is 3.56. The molecule has 0 fully saturated rings. The summed E-state index contributed by atoms with van der Waals surface area (Å²) in [7, 11) is 1.41. The van der Waals surface area contributed by atoms with Gasteiger partial charge in [0.25, 0.3) is 0 Å². The van der Waals surface area contributed by atoms with Crippen molar-refractivity contribution >= 4 is 23.0 Å². The molecule has 22 heavy (non-hydrogen) atoms. The van der Waals surface area contributed by atoms with E-state index in [9.17, 15) is 9.90 Å². The van der Waals surface area contributed by atoms with Gasteiger partial charge in [-0.15, -0.1) is 0 Å². The maximum Gasteiger partial charge on any atom is 0.305 e. The van der Waals surface area contributed by atoms with Crippen LogP contribution in [-0.2, 0) is 9.53 Å². The van der Waals surface area contributed by atoms with Crippen LogP contribution in [0, 0.1) is 0 Å². The molecule has 0 saturated carbocycles. The van der Waals surface area contributed by atoms with E-state index in [1.807, 2.05) is 30.3 Å². The monoisotopic (exact) mass is 299 g/mol. The summed E-state index contributed by atoms with van der Waals surface area (Å²) in [4.78, 5) is 15.4. The van der Waals surface area contributed by atoms with E-state index in [1.165, 1.54) is 7.11 Å². The molecule has 0 atom stereocenters. The number of unbranched alkanes of at least 4 members (excludes halogenated alkanes) is 2. The molecular formula is C18H21NO3. The van der Waals surface area contributed by atoms with Crippen molar-refractivity contribution in [3.05, 3.63) is 42.0 Å². The van der Waals surface area contributed by atoms with Crippen LogP contribution in [-0.4, -0.2) is 30.9 Å². The maximum absolute atomic E-state index is 11.0. The fraction of sp³-hybridized carbons (Fsp3) is 0.333. The van der Waals surface area contributed by atoms with Crippen molar-refractivity contribution in [2.45, 2.75) is 25.7 Å². The standard InChI is InChI=1S/C18H21NO3/c1-22-18(21)9-3-2-6-12-19-13-16-15-8-5-4-7-14(15)10-11-17(16)20/h4-5,7-8,10-11,13,20H,2-3,6,9,12H2,1H3. The summed E-state index contributed by atoms with van der Waals surface area (Å²) in [5.74, 6) is 0.0809. The van der Waals surface area contributed by atoms with Gasteiger partial charge in [-0.05, 0) is 29.7 Å². The van der Waals surface area contributed by atoms with Crippen molar-refractivity contribution in [1.29, 1.82) is 0 Å². The number of aliphatic imine (C=N–C) groups is 1. The van der Waals surface area contributed by atoms with Gasteiger partial charge in [-0.3, -0.25) is 9.79 Å². The first-order valence-electron chi connectivity index (χ1n) is 7.49. The molecule has 4 heteroatoms. The van der Waals surface area contributed by atoms with Crippen molar-refractivity contribution in [2.24, 2.45) is 4.99 Å². The first-order valence-corrected chi connectivity index (χ1v) is 7.49. The third-order valence-electron chi connectivity index (χ3n) is 3.56. The number of esters is 1. The van der Waals surface area contributed by atoms with Gasteiger partial charge in [0, 0.05) is 24.7 Å². The first-order chi connectivity index (χ1) is 10.7. The number of carbonyl (C=O) groups is 1. The number of phenols is 1. The van der Waals surface area contributed by atoms with Crippen LogP contribution < -0.4 is 0 Å². The second-order valence-corrected chi connectivity index (χ2v) is 5.14. The van der Waals surface area contributed by atoms with Crippen molar-refractivity contribution in [1.82, 2.24) is 0 Å². The molecule has 116 valence electrons. The molecule has 0 saturated heterocycles. The van der Waals surface area contributed by atoms with Gasteiger partial charge in [-0.25, -0.2) is 0 Å². The molecule has 1 N–H and O–H groups in total. The molecule has 0 aliphatic carbocycles. The lowest BCUT2D eigenvalue weighted by Gasteiger charge is -2.04. The van der Waals surface area contributed by atoms with Crippen LogP contribution >= 0.6 is 0 Å². The molecule has 0 bridgehead atoms. The second-order valence-electron chi connectivity index (χ2n) is 5.14. The highest BCUT2D eigenvalue weighted by atomic mass is 16.5. The van der Waals surface area contributed by atoms with E-state index in [0.29, 0.717) is 13.0 Å². The second kappa shape index (κ2) is 8.17. The lowest BCUT2D eigenvalue weighted by Crippen LogP contribution is -1.99. The van der Waals surface area contributed by atoms with Gasteiger partial charge in [0.2, 0.25) is 0 Å². The normalized spacial score (nSPS) is 11.1. The molecule has 2 rings (SSSR count). The Labute approximate surface area is 130 Å². The predicted octanol–water partition coefficient (Wildman–Crippen LogP) is 3.70. The number of hydrogen-bond donors (Lipinski definition) is 1. The van der Waals surface area contributed by atoms with Gasteiger partial charge in [0.15, 0.2) is 0 Å². The molecule has 0 heterocycles. The lowest BCUT2D eigenvalue weighted by molar-refractivity contribution is -0.140. The summed E-state index contributed by atoms with van der Waals surface area (Å²) < 4.78 is 4.59. The predicted molar refractivity (Wildman–Crippen MR) is 88.6 cm³/mol. The number of fused-ring (bicyclic) bond motifs is 1. The molecule has 0 aliphatic heterocycles. The Morgan fingerprint density at radius 2 is 2.00 bits per heavy atom. The minimum absolute atomic E-state index is 0.163. The van der Waals surface area contributed by atoms with Gasteiger partial charge in [-0.2, -0.15) is 0 Å². The minimum atomic E-state index is -0.163. The molecular weight excluding hydrogens is 278 g/mol. The third kappa shape index (κ3) is 4.32. The van der Waals surface area contributed by atoms with Gasteiger partial charge in [0.1, 0.15) is 5.75 Å². The average molecular weight is 299 g/mol. The Bertz CT molecular complexity index is 664. The number of phenolic OH excluding ortho intramolecular Hbond substituents is 1. The summed E-state index contributed by atoms with van der Waals surface area (Å²) in [5, 5.41) is 12.1. The van der Waals surface area contributed by atoms with E-state index >= 15 is 0 Å². The zero-order valence-corrected chi connectivity index (χ0v) is 12.8. The number of methoxy groups -OCH3 is 1. The number of nitrogens with zero attached hydrogens (tertiary/aromatic N) is 1. The van der Waals surface area contributed by atoms with Gasteiger partial charge < -0.3 is 9.84 Å². The maximum atomic E-state index is 11.0. The van der Waals surface area contributed by atoms with Crippen LogP contribution in [0.4, 0.5) is 0 Å².